The number of benzene rings is 1. The Morgan fingerprint density at radius 3 is 2.50 bits per heavy atom. The molecule has 1 heterocycles. The number of aromatic nitrogens is 2. The van der Waals surface area contributed by atoms with Crippen molar-refractivity contribution < 1.29 is 12.9 Å². The predicted molar refractivity (Wildman–Crippen MR) is 98.9 cm³/mol. The standard InChI is InChI=1S/C18H26N4O3S/c1-4-22(5-2)26(23,24)14-9-8-13(3)15(12-14)16-20-17(21-25-16)18(19)10-6-7-11-18/h8-9,12H,4-7,10-11,19H2,1-3H3. The lowest BCUT2D eigenvalue weighted by atomic mass is 9.98. The first-order valence-corrected chi connectivity index (χ1v) is 10.5. The van der Waals surface area contributed by atoms with Crippen LogP contribution >= 0.6 is 0 Å². The van der Waals surface area contributed by atoms with Crippen molar-refractivity contribution in [3.05, 3.63) is 29.6 Å². The minimum atomic E-state index is -3.55. The normalized spacial score (nSPS) is 17.1. The number of nitrogens with two attached hydrogens (primary N) is 1. The number of aryl methyl sites for hydroxylation is 1. The minimum Gasteiger partial charge on any atom is -0.334 e. The highest BCUT2D eigenvalue weighted by Gasteiger charge is 2.36. The molecule has 0 unspecified atom stereocenters. The summed E-state index contributed by atoms with van der Waals surface area (Å²) in [4.78, 5) is 4.72. The molecule has 0 atom stereocenters. The number of nitrogens with zero attached hydrogens (tertiary/aromatic N) is 3. The van der Waals surface area contributed by atoms with E-state index in [2.05, 4.69) is 10.1 Å². The van der Waals surface area contributed by atoms with Crippen LogP contribution in [0.4, 0.5) is 0 Å². The van der Waals surface area contributed by atoms with Gasteiger partial charge in [0.1, 0.15) is 0 Å². The summed E-state index contributed by atoms with van der Waals surface area (Å²) in [7, 11) is -3.55. The van der Waals surface area contributed by atoms with Crippen LogP contribution in [0, 0.1) is 6.92 Å². The van der Waals surface area contributed by atoms with Crippen molar-refractivity contribution in [2.45, 2.75) is 56.9 Å². The highest BCUT2D eigenvalue weighted by molar-refractivity contribution is 7.89. The van der Waals surface area contributed by atoms with Crippen molar-refractivity contribution in [1.29, 1.82) is 0 Å². The molecule has 0 spiro atoms. The molecule has 26 heavy (non-hydrogen) atoms. The molecule has 1 fully saturated rings. The Morgan fingerprint density at radius 1 is 1.23 bits per heavy atom. The smallest absolute Gasteiger partial charge is 0.258 e. The van der Waals surface area contributed by atoms with Crippen LogP contribution in [0.1, 0.15) is 50.9 Å². The molecule has 2 aromatic rings. The Kier molecular flexibility index (Phi) is 5.18. The van der Waals surface area contributed by atoms with Gasteiger partial charge in [-0.1, -0.05) is 37.9 Å². The van der Waals surface area contributed by atoms with E-state index in [9.17, 15) is 8.42 Å². The lowest BCUT2D eigenvalue weighted by Crippen LogP contribution is -2.34. The second-order valence-electron chi connectivity index (χ2n) is 6.85. The van der Waals surface area contributed by atoms with E-state index in [-0.39, 0.29) is 4.90 Å². The molecule has 7 nitrogen and oxygen atoms in total. The molecule has 1 saturated carbocycles. The second kappa shape index (κ2) is 7.09. The van der Waals surface area contributed by atoms with Gasteiger partial charge in [-0.2, -0.15) is 9.29 Å². The topological polar surface area (TPSA) is 102 Å². The Balaban J connectivity index is 2.00. The molecular formula is C18H26N4O3S. The Bertz CT molecular complexity index is 882. The third-order valence-electron chi connectivity index (χ3n) is 5.15. The van der Waals surface area contributed by atoms with E-state index < -0.39 is 15.6 Å². The minimum absolute atomic E-state index is 0.227. The average molecular weight is 378 g/mol. The number of hydrogen-bond acceptors (Lipinski definition) is 6. The Hall–Kier alpha value is -1.77. The lowest BCUT2D eigenvalue weighted by Gasteiger charge is -2.19. The summed E-state index contributed by atoms with van der Waals surface area (Å²) in [5.74, 6) is 0.812. The fourth-order valence-electron chi connectivity index (χ4n) is 3.47. The third kappa shape index (κ3) is 3.28. The highest BCUT2D eigenvalue weighted by Crippen LogP contribution is 2.36. The van der Waals surface area contributed by atoms with Gasteiger partial charge in [0.2, 0.25) is 10.0 Å². The SMILES string of the molecule is CCN(CC)S(=O)(=O)c1ccc(C)c(-c2nc(C3(N)CCCC3)no2)c1. The van der Waals surface area contributed by atoms with Crippen LogP contribution in [0.3, 0.4) is 0 Å². The molecule has 1 aromatic heterocycles. The van der Waals surface area contributed by atoms with E-state index in [1.807, 2.05) is 20.8 Å². The lowest BCUT2D eigenvalue weighted by molar-refractivity contribution is 0.372. The molecule has 0 amide bonds. The molecule has 1 aliphatic carbocycles. The summed E-state index contributed by atoms with van der Waals surface area (Å²) >= 11 is 0. The van der Waals surface area contributed by atoms with Gasteiger partial charge in [0.05, 0.1) is 10.4 Å². The van der Waals surface area contributed by atoms with Crippen LogP contribution in [0.25, 0.3) is 11.5 Å². The first kappa shape index (κ1) is 19.0. The van der Waals surface area contributed by atoms with Gasteiger partial charge >= 0.3 is 0 Å². The second-order valence-corrected chi connectivity index (χ2v) is 8.79. The predicted octanol–water partition coefficient (Wildman–Crippen LogP) is 2.80. The molecule has 8 heteroatoms. The monoisotopic (exact) mass is 378 g/mol. The maximum atomic E-state index is 12.8. The highest BCUT2D eigenvalue weighted by atomic mass is 32.2. The zero-order valence-corrected chi connectivity index (χ0v) is 16.3. The van der Waals surface area contributed by atoms with E-state index >= 15 is 0 Å². The Labute approximate surface area is 154 Å². The van der Waals surface area contributed by atoms with E-state index in [0.717, 1.165) is 31.2 Å². The van der Waals surface area contributed by atoms with E-state index in [4.69, 9.17) is 10.3 Å². The van der Waals surface area contributed by atoms with Crippen LogP contribution in [-0.4, -0.2) is 36.0 Å². The molecule has 0 radical (unpaired) electrons. The third-order valence-corrected chi connectivity index (χ3v) is 7.20. The maximum Gasteiger partial charge on any atom is 0.258 e. The van der Waals surface area contributed by atoms with Crippen LogP contribution < -0.4 is 5.73 Å². The van der Waals surface area contributed by atoms with Gasteiger partial charge in [-0.15, -0.1) is 0 Å². The average Bonchev–Trinajstić information content (AvgIpc) is 3.26. The fraction of sp³-hybridized carbons (Fsp3) is 0.556. The first-order chi connectivity index (χ1) is 12.3. The van der Waals surface area contributed by atoms with Crippen molar-refractivity contribution >= 4 is 10.0 Å². The quantitative estimate of drug-likeness (QED) is 0.829. The molecule has 142 valence electrons. The van der Waals surface area contributed by atoms with E-state index in [1.165, 1.54) is 4.31 Å². The summed E-state index contributed by atoms with van der Waals surface area (Å²) in [6.07, 6.45) is 3.77. The van der Waals surface area contributed by atoms with Gasteiger partial charge in [0.25, 0.3) is 5.89 Å². The largest absolute Gasteiger partial charge is 0.334 e. The van der Waals surface area contributed by atoms with Gasteiger partial charge in [-0.05, 0) is 37.5 Å². The summed E-state index contributed by atoms with van der Waals surface area (Å²) in [6.45, 7) is 6.37. The molecule has 0 saturated heterocycles. The van der Waals surface area contributed by atoms with Crippen molar-refractivity contribution in [3.63, 3.8) is 0 Å². The van der Waals surface area contributed by atoms with E-state index in [1.54, 1.807) is 18.2 Å². The summed E-state index contributed by atoms with van der Waals surface area (Å²) < 4.78 is 32.5. The van der Waals surface area contributed by atoms with Crippen molar-refractivity contribution in [1.82, 2.24) is 14.4 Å². The van der Waals surface area contributed by atoms with Gasteiger partial charge in [-0.3, -0.25) is 0 Å². The molecule has 0 bridgehead atoms. The number of hydrogen-bond donors (Lipinski definition) is 1. The molecular weight excluding hydrogens is 352 g/mol. The van der Waals surface area contributed by atoms with Crippen molar-refractivity contribution in [3.8, 4) is 11.5 Å². The fourth-order valence-corrected chi connectivity index (χ4v) is 4.95. The number of rotatable bonds is 6. The number of sulfonamides is 1. The van der Waals surface area contributed by atoms with Crippen molar-refractivity contribution in [2.24, 2.45) is 5.73 Å². The zero-order chi connectivity index (χ0) is 18.9. The van der Waals surface area contributed by atoms with Gasteiger partial charge in [-0.25, -0.2) is 8.42 Å². The van der Waals surface area contributed by atoms with Crippen molar-refractivity contribution in [2.75, 3.05) is 13.1 Å². The van der Waals surface area contributed by atoms with Gasteiger partial charge in [0.15, 0.2) is 5.82 Å². The van der Waals surface area contributed by atoms with Crippen LogP contribution in [0.2, 0.25) is 0 Å². The van der Waals surface area contributed by atoms with Gasteiger partial charge in [0, 0.05) is 18.7 Å². The van der Waals surface area contributed by atoms with E-state index in [0.29, 0.717) is 30.4 Å². The van der Waals surface area contributed by atoms with Gasteiger partial charge < -0.3 is 10.3 Å². The van der Waals surface area contributed by atoms with Crippen LogP contribution in [0.15, 0.2) is 27.6 Å². The molecule has 1 aliphatic rings. The van der Waals surface area contributed by atoms with Crippen LogP contribution in [-0.2, 0) is 15.6 Å². The van der Waals surface area contributed by atoms with Crippen LogP contribution in [0.5, 0.6) is 0 Å². The molecule has 3 rings (SSSR count). The molecule has 0 aliphatic heterocycles. The summed E-state index contributed by atoms with van der Waals surface area (Å²) in [5.41, 5.74) is 7.35. The molecule has 1 aromatic carbocycles. The first-order valence-electron chi connectivity index (χ1n) is 9.06. The molecule has 2 N–H and O–H groups in total. The summed E-state index contributed by atoms with van der Waals surface area (Å²) in [5, 5.41) is 4.08. The Morgan fingerprint density at radius 2 is 1.88 bits per heavy atom. The summed E-state index contributed by atoms with van der Waals surface area (Å²) in [6, 6.07) is 4.99. The zero-order valence-electron chi connectivity index (χ0n) is 15.5. The maximum absolute atomic E-state index is 12.8.